The van der Waals surface area contributed by atoms with Crippen molar-refractivity contribution in [3.63, 3.8) is 0 Å². The van der Waals surface area contributed by atoms with Gasteiger partial charge in [-0.25, -0.2) is 0 Å². The van der Waals surface area contributed by atoms with Crippen molar-refractivity contribution in [3.8, 4) is 11.5 Å². The van der Waals surface area contributed by atoms with Crippen LogP contribution >= 0.6 is 15.9 Å². The van der Waals surface area contributed by atoms with Gasteiger partial charge in [-0.1, -0.05) is 15.9 Å². The molecule has 0 N–H and O–H groups in total. The largest absolute Gasteiger partial charge is 0.496 e. The molecule has 0 heterocycles. The highest BCUT2D eigenvalue weighted by atomic mass is 79.9. The first-order valence-electron chi connectivity index (χ1n) is 5.04. The number of benzene rings is 1. The second-order valence-electron chi connectivity index (χ2n) is 3.81. The lowest BCUT2D eigenvalue weighted by Crippen LogP contribution is -2.15. The molecule has 1 rings (SSSR count). The second-order valence-corrected chi connectivity index (χ2v) is 4.68. The molecule has 0 aliphatic heterocycles. The molecule has 0 aliphatic carbocycles. The maximum absolute atomic E-state index is 5.45. The summed E-state index contributed by atoms with van der Waals surface area (Å²) in [5, 5.41) is 0. The maximum Gasteiger partial charge on any atom is 0.131 e. The summed E-state index contributed by atoms with van der Waals surface area (Å²) in [5.74, 6) is 1.72. The number of methoxy groups -OCH3 is 2. The van der Waals surface area contributed by atoms with Crippen LogP contribution < -0.4 is 9.47 Å². The van der Waals surface area contributed by atoms with Crippen LogP contribution in [0.5, 0.6) is 11.5 Å². The molecule has 0 bridgehead atoms. The Hall–Kier alpha value is -0.740. The predicted molar refractivity (Wildman–Crippen MR) is 69.6 cm³/mol. The number of halogens is 1. The van der Waals surface area contributed by atoms with Crippen molar-refractivity contribution in [1.29, 1.82) is 0 Å². The topological polar surface area (TPSA) is 21.7 Å². The smallest absolute Gasteiger partial charge is 0.131 e. The Labute approximate surface area is 105 Å². The average Bonchev–Trinajstić information content (AvgIpc) is 2.27. The Morgan fingerprint density at radius 1 is 1.19 bits per heavy atom. The first-order chi connectivity index (χ1) is 7.52. The van der Waals surface area contributed by atoms with E-state index in [2.05, 4.69) is 20.8 Å². The van der Waals surface area contributed by atoms with Crippen LogP contribution in [0.3, 0.4) is 0 Å². The van der Waals surface area contributed by atoms with Crippen molar-refractivity contribution in [2.75, 3.05) is 28.3 Å². The Bertz CT molecular complexity index is 366. The molecule has 0 amide bonds. The highest BCUT2D eigenvalue weighted by Gasteiger charge is 2.18. The van der Waals surface area contributed by atoms with Crippen LogP contribution in [0.2, 0.25) is 0 Å². The second kappa shape index (κ2) is 5.55. The zero-order valence-electron chi connectivity index (χ0n) is 10.4. The molecule has 0 aliphatic rings. The monoisotopic (exact) mass is 287 g/mol. The highest BCUT2D eigenvalue weighted by molar-refractivity contribution is 9.09. The van der Waals surface area contributed by atoms with Gasteiger partial charge in [0.15, 0.2) is 0 Å². The fourth-order valence-electron chi connectivity index (χ4n) is 1.65. The van der Waals surface area contributed by atoms with Crippen molar-refractivity contribution >= 4 is 15.9 Å². The molecule has 0 fully saturated rings. The van der Waals surface area contributed by atoms with Crippen LogP contribution in [-0.4, -0.2) is 33.2 Å². The Kier molecular flexibility index (Phi) is 4.62. The van der Waals surface area contributed by atoms with Gasteiger partial charge in [0.05, 0.1) is 19.2 Å². The normalized spacial score (nSPS) is 12.7. The van der Waals surface area contributed by atoms with Gasteiger partial charge in [0.2, 0.25) is 0 Å². The summed E-state index contributed by atoms with van der Waals surface area (Å²) in [6, 6.07) is 3.98. The molecule has 16 heavy (non-hydrogen) atoms. The Balaban J connectivity index is 3.25. The predicted octanol–water partition coefficient (Wildman–Crippen LogP) is 2.97. The van der Waals surface area contributed by atoms with E-state index in [1.165, 1.54) is 0 Å². The molecule has 0 radical (unpaired) electrons. The highest BCUT2D eigenvalue weighted by Crippen LogP contribution is 2.38. The van der Waals surface area contributed by atoms with Gasteiger partial charge in [0, 0.05) is 11.1 Å². The summed E-state index contributed by atoms with van der Waals surface area (Å²) in [4.78, 5) is 2.20. The van der Waals surface area contributed by atoms with Crippen molar-refractivity contribution in [3.05, 3.63) is 23.3 Å². The molecule has 0 saturated carbocycles. The molecule has 4 heteroatoms. The summed E-state index contributed by atoms with van der Waals surface area (Å²) < 4.78 is 10.7. The number of hydrogen-bond acceptors (Lipinski definition) is 3. The van der Waals surface area contributed by atoms with E-state index in [1.807, 2.05) is 33.2 Å². The molecule has 1 unspecified atom stereocenters. The molecule has 90 valence electrons. The number of alkyl halides is 1. The molecule has 3 nitrogen and oxygen atoms in total. The average molecular weight is 288 g/mol. The summed E-state index contributed by atoms with van der Waals surface area (Å²) in [6.45, 7) is 2.00. The summed E-state index contributed by atoms with van der Waals surface area (Å²) in [6.07, 6.45) is 0. The first-order valence-corrected chi connectivity index (χ1v) is 5.96. The van der Waals surface area contributed by atoms with Gasteiger partial charge in [-0.2, -0.15) is 0 Å². The zero-order chi connectivity index (χ0) is 12.3. The Morgan fingerprint density at radius 2 is 1.81 bits per heavy atom. The summed E-state index contributed by atoms with van der Waals surface area (Å²) >= 11 is 3.63. The van der Waals surface area contributed by atoms with E-state index < -0.39 is 0 Å². The molecule has 1 aromatic rings. The molecular formula is C12H18BrNO2. The van der Waals surface area contributed by atoms with Crippen molar-refractivity contribution in [1.82, 2.24) is 4.90 Å². The van der Waals surface area contributed by atoms with Crippen LogP contribution in [0.15, 0.2) is 12.1 Å². The number of rotatable bonds is 4. The van der Waals surface area contributed by atoms with E-state index in [9.17, 15) is 0 Å². The van der Waals surface area contributed by atoms with Crippen LogP contribution in [0.25, 0.3) is 0 Å². The van der Waals surface area contributed by atoms with Gasteiger partial charge in [-0.15, -0.1) is 0 Å². The minimum atomic E-state index is 0.132. The van der Waals surface area contributed by atoms with E-state index in [0.717, 1.165) is 22.6 Å². The fourth-order valence-corrected chi connectivity index (χ4v) is 2.01. The van der Waals surface area contributed by atoms with Crippen LogP contribution in [0.4, 0.5) is 0 Å². The molecule has 0 spiro atoms. The number of hydrogen-bond donors (Lipinski definition) is 0. The first kappa shape index (κ1) is 13.3. The standard InChI is InChI=1S/C12H18BrNO2/c1-8-10(15-4)7-6-9(11(8)16-5)12(13)14(2)3/h6-7,12H,1-5H3. The summed E-state index contributed by atoms with van der Waals surface area (Å²) in [7, 11) is 7.37. The lowest BCUT2D eigenvalue weighted by Gasteiger charge is -2.22. The maximum atomic E-state index is 5.45. The van der Waals surface area contributed by atoms with Gasteiger partial charge in [-0.3, -0.25) is 4.90 Å². The van der Waals surface area contributed by atoms with Gasteiger partial charge in [-0.05, 0) is 33.2 Å². The minimum absolute atomic E-state index is 0.132. The van der Waals surface area contributed by atoms with Crippen molar-refractivity contribution < 1.29 is 9.47 Å². The van der Waals surface area contributed by atoms with E-state index >= 15 is 0 Å². The van der Waals surface area contributed by atoms with Gasteiger partial charge < -0.3 is 9.47 Å². The van der Waals surface area contributed by atoms with Crippen molar-refractivity contribution in [2.45, 2.75) is 11.9 Å². The number of nitrogens with zero attached hydrogens (tertiary/aromatic N) is 1. The lowest BCUT2D eigenvalue weighted by molar-refractivity contribution is 0.360. The quantitative estimate of drug-likeness (QED) is 0.628. The minimum Gasteiger partial charge on any atom is -0.496 e. The molecule has 0 saturated heterocycles. The third-order valence-electron chi connectivity index (χ3n) is 2.52. The summed E-state index contributed by atoms with van der Waals surface area (Å²) in [5.41, 5.74) is 2.12. The third kappa shape index (κ3) is 2.50. The SMILES string of the molecule is COc1ccc(C(Br)N(C)C)c(OC)c1C. The van der Waals surface area contributed by atoms with Gasteiger partial charge >= 0.3 is 0 Å². The van der Waals surface area contributed by atoms with E-state index in [0.29, 0.717) is 0 Å². The van der Waals surface area contributed by atoms with Gasteiger partial charge in [0.1, 0.15) is 11.5 Å². The van der Waals surface area contributed by atoms with Crippen LogP contribution in [0.1, 0.15) is 16.1 Å². The zero-order valence-corrected chi connectivity index (χ0v) is 12.0. The van der Waals surface area contributed by atoms with Gasteiger partial charge in [0.25, 0.3) is 0 Å². The van der Waals surface area contributed by atoms with Crippen LogP contribution in [0, 0.1) is 6.92 Å². The Morgan fingerprint density at radius 3 is 2.25 bits per heavy atom. The lowest BCUT2D eigenvalue weighted by atomic mass is 10.1. The molecule has 1 aromatic carbocycles. The van der Waals surface area contributed by atoms with E-state index in [-0.39, 0.29) is 4.95 Å². The number of ether oxygens (including phenoxy) is 2. The fraction of sp³-hybridized carbons (Fsp3) is 0.500. The molecule has 1 atom stereocenters. The van der Waals surface area contributed by atoms with Crippen LogP contribution in [-0.2, 0) is 0 Å². The third-order valence-corrected chi connectivity index (χ3v) is 3.83. The van der Waals surface area contributed by atoms with Crippen molar-refractivity contribution in [2.24, 2.45) is 0 Å². The van der Waals surface area contributed by atoms with E-state index in [1.54, 1.807) is 14.2 Å². The van der Waals surface area contributed by atoms with E-state index in [4.69, 9.17) is 9.47 Å². The molecule has 0 aromatic heterocycles. The molecular weight excluding hydrogens is 270 g/mol.